The summed E-state index contributed by atoms with van der Waals surface area (Å²) in [6.45, 7) is 1.47. The predicted octanol–water partition coefficient (Wildman–Crippen LogP) is 1.57. The number of nitrogens with zero attached hydrogens (tertiary/aromatic N) is 2. The summed E-state index contributed by atoms with van der Waals surface area (Å²) in [5.74, 6) is -0.0568. The zero-order valence-electron chi connectivity index (χ0n) is 6.04. The van der Waals surface area contributed by atoms with Gasteiger partial charge in [-0.1, -0.05) is 15.9 Å². The lowest BCUT2D eigenvalue weighted by Crippen LogP contribution is -1.98. The predicted molar refractivity (Wildman–Crippen MR) is 44.7 cm³/mol. The second-order valence-corrected chi connectivity index (χ2v) is 2.64. The Morgan fingerprint density at radius 1 is 1.55 bits per heavy atom. The molecule has 58 valence electrons. The van der Waals surface area contributed by atoms with E-state index in [1.807, 2.05) is 0 Å². The van der Waals surface area contributed by atoms with Gasteiger partial charge >= 0.3 is 0 Å². The monoisotopic (exact) mass is 214 g/mol. The van der Waals surface area contributed by atoms with Crippen LogP contribution in [0.3, 0.4) is 0 Å². The van der Waals surface area contributed by atoms with Gasteiger partial charge in [-0.05, 0) is 0 Å². The molecule has 3 nitrogen and oxygen atoms in total. The minimum atomic E-state index is -0.0568. The van der Waals surface area contributed by atoms with E-state index >= 15 is 0 Å². The molecule has 0 aromatic carbocycles. The number of carbonyl (C=O) groups excluding carboxylic acids is 1. The summed E-state index contributed by atoms with van der Waals surface area (Å²) in [6.07, 6.45) is 3.07. The molecule has 1 rings (SSSR count). The van der Waals surface area contributed by atoms with Gasteiger partial charge in [0.2, 0.25) is 0 Å². The highest BCUT2D eigenvalue weighted by Crippen LogP contribution is 2.00. The first-order valence-corrected chi connectivity index (χ1v) is 4.24. The van der Waals surface area contributed by atoms with Crippen molar-refractivity contribution in [2.75, 3.05) is 0 Å². The third-order valence-corrected chi connectivity index (χ3v) is 1.78. The van der Waals surface area contributed by atoms with Gasteiger partial charge in [-0.15, -0.1) is 0 Å². The molecule has 0 aliphatic carbocycles. The number of rotatable bonds is 2. The molecule has 0 radical (unpaired) electrons. The van der Waals surface area contributed by atoms with Crippen molar-refractivity contribution in [2.24, 2.45) is 0 Å². The topological polar surface area (TPSA) is 42.9 Å². The van der Waals surface area contributed by atoms with E-state index in [2.05, 4.69) is 25.9 Å². The standard InChI is InChI=1S/C7H7BrN2O/c1-5(11)7-4-9-6(2-8)3-10-7/h3-4H,2H2,1H3. The van der Waals surface area contributed by atoms with Crippen molar-refractivity contribution in [1.82, 2.24) is 9.97 Å². The Morgan fingerprint density at radius 2 is 2.27 bits per heavy atom. The third-order valence-electron chi connectivity index (χ3n) is 1.20. The minimum absolute atomic E-state index is 0.0568. The van der Waals surface area contributed by atoms with E-state index in [1.54, 1.807) is 6.20 Å². The SMILES string of the molecule is CC(=O)c1cnc(CBr)cn1. The first-order chi connectivity index (χ1) is 5.24. The number of carbonyl (C=O) groups is 1. The van der Waals surface area contributed by atoms with E-state index in [1.165, 1.54) is 13.1 Å². The number of halogens is 1. The normalized spacial score (nSPS) is 9.64. The Labute approximate surface area is 73.0 Å². The number of hydrogen-bond donors (Lipinski definition) is 0. The maximum atomic E-state index is 10.7. The molecule has 0 atom stereocenters. The Morgan fingerprint density at radius 3 is 2.64 bits per heavy atom. The summed E-state index contributed by atoms with van der Waals surface area (Å²) >= 11 is 3.23. The summed E-state index contributed by atoms with van der Waals surface area (Å²) < 4.78 is 0. The lowest BCUT2D eigenvalue weighted by Gasteiger charge is -1.94. The molecule has 0 saturated heterocycles. The average Bonchev–Trinajstić information content (AvgIpc) is 2.05. The molecule has 0 aliphatic rings. The molecule has 1 heterocycles. The molecule has 0 spiro atoms. The molecule has 1 aromatic rings. The quantitative estimate of drug-likeness (QED) is 0.555. The number of aromatic nitrogens is 2. The van der Waals surface area contributed by atoms with E-state index in [4.69, 9.17) is 0 Å². The van der Waals surface area contributed by atoms with Crippen molar-refractivity contribution in [3.8, 4) is 0 Å². The molecule has 1 aromatic heterocycles. The molecule has 0 bridgehead atoms. The van der Waals surface area contributed by atoms with Crippen LogP contribution in [0.2, 0.25) is 0 Å². The second kappa shape index (κ2) is 3.57. The summed E-state index contributed by atoms with van der Waals surface area (Å²) in [5.41, 5.74) is 1.24. The van der Waals surface area contributed by atoms with Gasteiger partial charge in [-0.2, -0.15) is 0 Å². The van der Waals surface area contributed by atoms with Crippen molar-refractivity contribution >= 4 is 21.7 Å². The van der Waals surface area contributed by atoms with Gasteiger partial charge in [0.15, 0.2) is 5.78 Å². The first-order valence-electron chi connectivity index (χ1n) is 3.12. The van der Waals surface area contributed by atoms with Gasteiger partial charge in [-0.25, -0.2) is 4.98 Å². The van der Waals surface area contributed by atoms with Crippen LogP contribution in [-0.4, -0.2) is 15.8 Å². The van der Waals surface area contributed by atoms with Crippen LogP contribution in [0, 0.1) is 0 Å². The van der Waals surface area contributed by atoms with Gasteiger partial charge in [0.1, 0.15) is 5.69 Å². The summed E-state index contributed by atoms with van der Waals surface area (Å²) in [7, 11) is 0. The summed E-state index contributed by atoms with van der Waals surface area (Å²) in [4.78, 5) is 18.6. The largest absolute Gasteiger partial charge is 0.293 e. The van der Waals surface area contributed by atoms with Gasteiger partial charge in [0.05, 0.1) is 18.1 Å². The van der Waals surface area contributed by atoms with Gasteiger partial charge < -0.3 is 0 Å². The van der Waals surface area contributed by atoms with E-state index < -0.39 is 0 Å². The van der Waals surface area contributed by atoms with Crippen LogP contribution in [-0.2, 0) is 5.33 Å². The molecular formula is C7H7BrN2O. The third kappa shape index (κ3) is 2.08. The fourth-order valence-electron chi connectivity index (χ4n) is 0.606. The number of alkyl halides is 1. The van der Waals surface area contributed by atoms with Crippen LogP contribution in [0.25, 0.3) is 0 Å². The fraction of sp³-hybridized carbons (Fsp3) is 0.286. The lowest BCUT2D eigenvalue weighted by atomic mass is 10.3. The number of hydrogen-bond acceptors (Lipinski definition) is 3. The average molecular weight is 215 g/mol. The highest BCUT2D eigenvalue weighted by atomic mass is 79.9. The van der Waals surface area contributed by atoms with E-state index in [9.17, 15) is 4.79 Å². The smallest absolute Gasteiger partial charge is 0.179 e. The molecule has 11 heavy (non-hydrogen) atoms. The van der Waals surface area contributed by atoms with Gasteiger partial charge in [0.25, 0.3) is 0 Å². The number of ketones is 1. The Hall–Kier alpha value is -0.770. The van der Waals surface area contributed by atoms with E-state index in [0.717, 1.165) is 5.69 Å². The van der Waals surface area contributed by atoms with Crippen LogP contribution >= 0.6 is 15.9 Å². The molecule has 0 unspecified atom stereocenters. The van der Waals surface area contributed by atoms with Gasteiger partial charge in [0, 0.05) is 12.3 Å². The molecule has 4 heteroatoms. The zero-order valence-corrected chi connectivity index (χ0v) is 7.63. The second-order valence-electron chi connectivity index (χ2n) is 2.08. The van der Waals surface area contributed by atoms with Gasteiger partial charge in [-0.3, -0.25) is 9.78 Å². The van der Waals surface area contributed by atoms with Crippen LogP contribution in [0.1, 0.15) is 23.1 Å². The molecule has 0 fully saturated rings. The van der Waals surface area contributed by atoms with E-state index in [-0.39, 0.29) is 5.78 Å². The zero-order chi connectivity index (χ0) is 8.27. The lowest BCUT2D eigenvalue weighted by molar-refractivity contribution is 0.101. The van der Waals surface area contributed by atoms with Crippen molar-refractivity contribution in [2.45, 2.75) is 12.3 Å². The number of Topliss-reactive ketones (excluding diaryl/α,β-unsaturated/α-hetero) is 1. The summed E-state index contributed by atoms with van der Waals surface area (Å²) in [6, 6.07) is 0. The van der Waals surface area contributed by atoms with Crippen molar-refractivity contribution in [3.05, 3.63) is 23.8 Å². The molecular weight excluding hydrogens is 208 g/mol. The minimum Gasteiger partial charge on any atom is -0.293 e. The van der Waals surface area contributed by atoms with Crippen molar-refractivity contribution < 1.29 is 4.79 Å². The maximum absolute atomic E-state index is 10.7. The van der Waals surface area contributed by atoms with Crippen LogP contribution in [0.4, 0.5) is 0 Å². The molecule has 0 amide bonds. The van der Waals surface area contributed by atoms with Crippen LogP contribution in [0.5, 0.6) is 0 Å². The fourth-order valence-corrected chi connectivity index (χ4v) is 0.895. The molecule has 0 aliphatic heterocycles. The summed E-state index contributed by atoms with van der Waals surface area (Å²) in [5, 5.41) is 0.665. The van der Waals surface area contributed by atoms with Crippen LogP contribution in [0.15, 0.2) is 12.4 Å². The van der Waals surface area contributed by atoms with Crippen LogP contribution < -0.4 is 0 Å². The first kappa shape index (κ1) is 8.33. The Kier molecular flexibility index (Phi) is 2.70. The maximum Gasteiger partial charge on any atom is 0.179 e. The van der Waals surface area contributed by atoms with E-state index in [0.29, 0.717) is 11.0 Å². The Balaban J connectivity index is 2.91. The highest BCUT2D eigenvalue weighted by molar-refractivity contribution is 9.08. The Bertz CT molecular complexity index is 258. The van der Waals surface area contributed by atoms with Crippen molar-refractivity contribution in [1.29, 1.82) is 0 Å². The van der Waals surface area contributed by atoms with Crippen molar-refractivity contribution in [3.63, 3.8) is 0 Å². The molecule has 0 N–H and O–H groups in total. The molecule has 0 saturated carbocycles. The highest BCUT2D eigenvalue weighted by Gasteiger charge is 1.99.